The predicted molar refractivity (Wildman–Crippen MR) is 156 cm³/mol. The first kappa shape index (κ1) is 28.5. The molecule has 2 amide bonds. The average Bonchev–Trinajstić information content (AvgIpc) is 3.52. The van der Waals surface area contributed by atoms with Gasteiger partial charge in [-0.25, -0.2) is 4.98 Å². The summed E-state index contributed by atoms with van der Waals surface area (Å²) < 4.78 is 54.8. The maximum atomic E-state index is 14.2. The lowest BCUT2D eigenvalue weighted by Gasteiger charge is -2.38. The summed E-state index contributed by atoms with van der Waals surface area (Å²) >= 11 is 0. The van der Waals surface area contributed by atoms with Crippen molar-refractivity contribution in [3.05, 3.63) is 70.9 Å². The molecule has 4 aliphatic rings. The number of halogens is 3. The van der Waals surface area contributed by atoms with Crippen LogP contribution in [0.1, 0.15) is 52.2 Å². The number of fused-ring (bicyclic) bond motifs is 4. The number of nitrogens with zero attached hydrogens (tertiary/aromatic N) is 3. The van der Waals surface area contributed by atoms with Gasteiger partial charge in [-0.05, 0) is 75.8 Å². The van der Waals surface area contributed by atoms with Crippen molar-refractivity contribution in [3.63, 3.8) is 0 Å². The molecule has 1 saturated carbocycles. The smallest absolute Gasteiger partial charge is 0.418 e. The van der Waals surface area contributed by atoms with Crippen molar-refractivity contribution < 1.29 is 32.2 Å². The molecular formula is C32H32F3N5O4. The van der Waals surface area contributed by atoms with Crippen LogP contribution in [-0.4, -0.2) is 67.1 Å². The molecule has 1 saturated heterocycles. The molecule has 4 heterocycles. The molecule has 230 valence electrons. The third-order valence-corrected chi connectivity index (χ3v) is 8.99. The number of nitrogens with one attached hydrogen (secondary N) is 2. The maximum Gasteiger partial charge on any atom is 0.418 e. The Morgan fingerprint density at radius 2 is 2.00 bits per heavy atom. The fourth-order valence-corrected chi connectivity index (χ4v) is 6.57. The van der Waals surface area contributed by atoms with Crippen LogP contribution >= 0.6 is 0 Å². The zero-order valence-corrected chi connectivity index (χ0v) is 24.3. The van der Waals surface area contributed by atoms with E-state index in [4.69, 9.17) is 9.47 Å². The van der Waals surface area contributed by atoms with E-state index in [1.807, 2.05) is 25.1 Å². The van der Waals surface area contributed by atoms with Crippen LogP contribution in [0.2, 0.25) is 0 Å². The molecule has 9 nitrogen and oxygen atoms in total. The number of amides is 2. The zero-order valence-electron chi connectivity index (χ0n) is 24.3. The zero-order chi connectivity index (χ0) is 30.7. The second kappa shape index (κ2) is 10.7. The lowest BCUT2D eigenvalue weighted by molar-refractivity contribution is -0.137. The molecule has 1 aromatic heterocycles. The van der Waals surface area contributed by atoms with Gasteiger partial charge in [0.25, 0.3) is 5.91 Å². The minimum atomic E-state index is -4.61. The summed E-state index contributed by atoms with van der Waals surface area (Å²) in [7, 11) is 3.87. The van der Waals surface area contributed by atoms with Crippen LogP contribution in [0.3, 0.4) is 0 Å². The summed E-state index contributed by atoms with van der Waals surface area (Å²) in [6.07, 6.45) is -0.745. The molecule has 12 heteroatoms. The van der Waals surface area contributed by atoms with Gasteiger partial charge < -0.3 is 29.9 Å². The number of carbonyl (C=O) groups is 2. The molecule has 0 spiro atoms. The highest BCUT2D eigenvalue weighted by Crippen LogP contribution is 2.55. The summed E-state index contributed by atoms with van der Waals surface area (Å²) in [6.45, 7) is 1.03. The van der Waals surface area contributed by atoms with Crippen molar-refractivity contribution in [3.8, 4) is 17.2 Å². The van der Waals surface area contributed by atoms with Crippen molar-refractivity contribution in [1.82, 2.24) is 15.2 Å². The third kappa shape index (κ3) is 5.21. The highest BCUT2D eigenvalue weighted by atomic mass is 19.4. The van der Waals surface area contributed by atoms with Gasteiger partial charge in [-0.3, -0.25) is 9.59 Å². The molecule has 1 aliphatic carbocycles. The number of aromatic nitrogens is 1. The van der Waals surface area contributed by atoms with Gasteiger partial charge in [-0.15, -0.1) is 0 Å². The Balaban J connectivity index is 1.06. The van der Waals surface area contributed by atoms with Crippen LogP contribution in [0.4, 0.5) is 24.7 Å². The van der Waals surface area contributed by atoms with Crippen LogP contribution in [0.15, 0.2) is 48.7 Å². The van der Waals surface area contributed by atoms with E-state index in [-0.39, 0.29) is 41.3 Å². The molecule has 0 bridgehead atoms. The molecule has 2 N–H and O–H groups in total. The van der Waals surface area contributed by atoms with E-state index in [9.17, 15) is 22.8 Å². The second-order valence-electron chi connectivity index (χ2n) is 12.0. The van der Waals surface area contributed by atoms with Crippen LogP contribution in [-0.2, 0) is 17.4 Å². The predicted octanol–water partition coefficient (Wildman–Crippen LogP) is 4.96. The van der Waals surface area contributed by atoms with Gasteiger partial charge in [0.2, 0.25) is 5.91 Å². The van der Waals surface area contributed by atoms with Gasteiger partial charge in [-0.2, -0.15) is 13.2 Å². The summed E-state index contributed by atoms with van der Waals surface area (Å²) in [5.41, 5.74) is 0.939. The van der Waals surface area contributed by atoms with E-state index in [0.717, 1.165) is 30.0 Å². The molecule has 3 aromatic rings. The molecule has 3 aliphatic heterocycles. The first-order valence-corrected chi connectivity index (χ1v) is 14.8. The van der Waals surface area contributed by atoms with Crippen LogP contribution in [0.5, 0.6) is 17.2 Å². The van der Waals surface area contributed by atoms with Gasteiger partial charge in [0.05, 0.1) is 17.5 Å². The van der Waals surface area contributed by atoms with E-state index >= 15 is 0 Å². The monoisotopic (exact) mass is 607 g/mol. The molecule has 0 radical (unpaired) electrons. The van der Waals surface area contributed by atoms with E-state index in [2.05, 4.69) is 15.6 Å². The van der Waals surface area contributed by atoms with Crippen molar-refractivity contribution in [2.75, 3.05) is 37.4 Å². The van der Waals surface area contributed by atoms with E-state index in [1.54, 1.807) is 29.3 Å². The fraction of sp³-hybridized carbons (Fsp3) is 0.406. The number of rotatable bonds is 6. The number of carbonyl (C=O) groups excluding carboxylic acids is 2. The number of hydrogen-bond acceptors (Lipinski definition) is 7. The molecule has 2 aromatic carbocycles. The summed E-state index contributed by atoms with van der Waals surface area (Å²) in [5.74, 6) is 1.53. The highest BCUT2D eigenvalue weighted by Gasteiger charge is 2.59. The summed E-state index contributed by atoms with van der Waals surface area (Å²) in [5, 5.41) is 5.65. The van der Waals surface area contributed by atoms with Crippen LogP contribution in [0, 0.1) is 0 Å². The molecule has 1 unspecified atom stereocenters. The van der Waals surface area contributed by atoms with Gasteiger partial charge in [-0.1, -0.05) is 0 Å². The van der Waals surface area contributed by atoms with Crippen molar-refractivity contribution >= 4 is 23.3 Å². The van der Waals surface area contributed by atoms with Crippen LogP contribution in [0.25, 0.3) is 0 Å². The Kier molecular flexibility index (Phi) is 6.91. The van der Waals surface area contributed by atoms with Gasteiger partial charge in [0, 0.05) is 54.1 Å². The topological polar surface area (TPSA) is 96.0 Å². The largest absolute Gasteiger partial charge is 0.487 e. The van der Waals surface area contributed by atoms with Crippen LogP contribution < -0.4 is 25.0 Å². The molecule has 4 atom stereocenters. The fourth-order valence-electron chi connectivity index (χ4n) is 6.57. The first-order valence-electron chi connectivity index (χ1n) is 14.8. The summed E-state index contributed by atoms with van der Waals surface area (Å²) in [4.78, 5) is 33.0. The van der Waals surface area contributed by atoms with Gasteiger partial charge in [0.15, 0.2) is 0 Å². The normalized spacial score (nSPS) is 23.7. The number of hydrogen-bond donors (Lipinski definition) is 2. The van der Waals surface area contributed by atoms with Crippen molar-refractivity contribution in [1.29, 1.82) is 0 Å². The van der Waals surface area contributed by atoms with Crippen molar-refractivity contribution in [2.24, 2.45) is 0 Å². The maximum absolute atomic E-state index is 14.2. The lowest BCUT2D eigenvalue weighted by atomic mass is 10.0. The molecular weight excluding hydrogens is 575 g/mol. The van der Waals surface area contributed by atoms with Crippen molar-refractivity contribution in [2.45, 2.75) is 56.0 Å². The Morgan fingerprint density at radius 1 is 1.16 bits per heavy atom. The number of ether oxygens (including phenoxy) is 2. The SMILES string of the molecule is CN(C)[C@@H]1CCCN(c2ccc(C(=O)N[C@@H]3C4Oc5ccc(Oc6ccnc7c6CCC(=O)N7)cc5[C@H]43)cc2C(F)(F)F)C1. The first-order chi connectivity index (χ1) is 21.1. The second-order valence-corrected chi connectivity index (χ2v) is 12.0. The Bertz CT molecular complexity index is 1640. The quantitative estimate of drug-likeness (QED) is 0.409. The average molecular weight is 608 g/mol. The van der Waals surface area contributed by atoms with E-state index in [1.165, 1.54) is 12.1 Å². The number of pyridine rings is 1. The Hall–Kier alpha value is -4.32. The number of alkyl halides is 3. The highest BCUT2D eigenvalue weighted by molar-refractivity contribution is 5.96. The van der Waals surface area contributed by atoms with E-state index in [0.29, 0.717) is 49.0 Å². The minimum Gasteiger partial charge on any atom is -0.487 e. The number of likely N-dealkylation sites (N-methyl/N-ethyl adjacent to an activating group) is 1. The van der Waals surface area contributed by atoms with E-state index < -0.39 is 17.6 Å². The third-order valence-electron chi connectivity index (χ3n) is 8.99. The lowest BCUT2D eigenvalue weighted by Crippen LogP contribution is -2.45. The summed E-state index contributed by atoms with van der Waals surface area (Å²) in [6, 6.07) is 10.8. The standard InChI is InChI=1S/C32H32F3N5O4/c1-39(2)18-4-3-13-40(16-18)23-8-5-17(14-22(23)32(33,34)35)31(42)38-28-27-21-15-19(6-9-24(21)44-29(27)28)43-25-11-12-36-30-20(25)7-10-26(41)37-30/h5-6,8-9,11-12,14-15,18,27-29H,3-4,7,10,13,16H2,1-2H3,(H,38,42)(H,36,37,41)/t18-,27+,28+,29?/m1/s1. The molecule has 44 heavy (non-hydrogen) atoms. The minimum absolute atomic E-state index is 0.0425. The number of benzene rings is 2. The Labute approximate surface area is 252 Å². The molecule has 2 fully saturated rings. The number of piperidine rings is 1. The Morgan fingerprint density at radius 3 is 2.80 bits per heavy atom. The van der Waals surface area contributed by atoms with Gasteiger partial charge >= 0.3 is 6.18 Å². The molecule has 7 rings (SSSR count). The van der Waals surface area contributed by atoms with Gasteiger partial charge in [0.1, 0.15) is 29.2 Å². The number of anilines is 2.